The van der Waals surface area contributed by atoms with Crippen molar-refractivity contribution in [3.63, 3.8) is 0 Å². The second kappa shape index (κ2) is 5.37. The van der Waals surface area contributed by atoms with E-state index >= 15 is 0 Å². The third kappa shape index (κ3) is 3.79. The maximum Gasteiger partial charge on any atom is 0.127 e. The van der Waals surface area contributed by atoms with E-state index in [1.54, 1.807) is 6.07 Å². The highest BCUT2D eigenvalue weighted by atomic mass is 19.1. The first kappa shape index (κ1) is 13.5. The summed E-state index contributed by atoms with van der Waals surface area (Å²) in [6.07, 6.45) is 3.18. The van der Waals surface area contributed by atoms with Crippen LogP contribution < -0.4 is 5.73 Å². The van der Waals surface area contributed by atoms with Gasteiger partial charge in [-0.05, 0) is 57.8 Å². The second-order valence-electron chi connectivity index (χ2n) is 6.07. The monoisotopic (exact) mass is 250 g/mol. The molecule has 1 aliphatic heterocycles. The quantitative estimate of drug-likeness (QED) is 0.890. The van der Waals surface area contributed by atoms with Gasteiger partial charge >= 0.3 is 0 Å². The Kier molecular flexibility index (Phi) is 4.03. The van der Waals surface area contributed by atoms with Gasteiger partial charge in [0.25, 0.3) is 0 Å². The van der Waals surface area contributed by atoms with E-state index in [1.165, 1.54) is 12.8 Å². The van der Waals surface area contributed by atoms with E-state index in [4.69, 9.17) is 5.73 Å². The maximum absolute atomic E-state index is 14.0. The van der Waals surface area contributed by atoms with Crippen molar-refractivity contribution in [2.45, 2.75) is 45.2 Å². The third-order valence-electron chi connectivity index (χ3n) is 3.37. The molecule has 1 aliphatic rings. The van der Waals surface area contributed by atoms with Crippen LogP contribution >= 0.6 is 0 Å². The normalized spacial score (nSPS) is 17.3. The van der Waals surface area contributed by atoms with Crippen molar-refractivity contribution >= 4 is 0 Å². The summed E-state index contributed by atoms with van der Waals surface area (Å²) in [7, 11) is 0. The molecule has 0 saturated carbocycles. The molecule has 0 unspecified atom stereocenters. The number of hydrogen-bond acceptors (Lipinski definition) is 2. The Morgan fingerprint density at radius 2 is 1.94 bits per heavy atom. The molecule has 0 amide bonds. The molecule has 2 N–H and O–H groups in total. The molecule has 0 spiro atoms. The number of rotatable bonds is 4. The molecule has 0 bridgehead atoms. The van der Waals surface area contributed by atoms with E-state index in [0.29, 0.717) is 6.42 Å². The van der Waals surface area contributed by atoms with Crippen molar-refractivity contribution in [3.05, 3.63) is 35.1 Å². The molecule has 2 nitrogen and oxygen atoms in total. The third-order valence-corrected chi connectivity index (χ3v) is 3.37. The average Bonchev–Trinajstić information content (AvgIpc) is 2.72. The van der Waals surface area contributed by atoms with E-state index in [2.05, 4.69) is 4.90 Å². The largest absolute Gasteiger partial charge is 0.325 e. The topological polar surface area (TPSA) is 29.3 Å². The molecule has 18 heavy (non-hydrogen) atoms. The Morgan fingerprint density at radius 1 is 1.28 bits per heavy atom. The van der Waals surface area contributed by atoms with Crippen LogP contribution in [-0.2, 0) is 13.0 Å². The van der Waals surface area contributed by atoms with Gasteiger partial charge < -0.3 is 5.73 Å². The predicted octanol–water partition coefficient (Wildman–Crippen LogP) is 2.70. The zero-order valence-corrected chi connectivity index (χ0v) is 11.4. The van der Waals surface area contributed by atoms with Gasteiger partial charge in [0.1, 0.15) is 5.82 Å². The Balaban J connectivity index is 2.04. The fraction of sp³-hybridized carbons (Fsp3) is 0.600. The second-order valence-corrected chi connectivity index (χ2v) is 6.07. The summed E-state index contributed by atoms with van der Waals surface area (Å²) >= 11 is 0. The molecule has 0 aromatic heterocycles. The first-order valence-electron chi connectivity index (χ1n) is 6.73. The van der Waals surface area contributed by atoms with E-state index < -0.39 is 0 Å². The van der Waals surface area contributed by atoms with Gasteiger partial charge in [0.2, 0.25) is 0 Å². The number of nitrogens with two attached hydrogens (primary N) is 1. The molecule has 0 atom stereocenters. The minimum atomic E-state index is -0.289. The number of benzene rings is 1. The lowest BCUT2D eigenvalue weighted by Gasteiger charge is -2.19. The first-order chi connectivity index (χ1) is 8.44. The Labute approximate surface area is 109 Å². The van der Waals surface area contributed by atoms with Gasteiger partial charge in [-0.25, -0.2) is 4.39 Å². The minimum Gasteiger partial charge on any atom is -0.325 e. The molecule has 1 aromatic carbocycles. The van der Waals surface area contributed by atoms with Crippen molar-refractivity contribution in [1.29, 1.82) is 0 Å². The van der Waals surface area contributed by atoms with Crippen molar-refractivity contribution in [2.75, 3.05) is 13.1 Å². The average molecular weight is 250 g/mol. The van der Waals surface area contributed by atoms with Crippen LogP contribution in [0.4, 0.5) is 4.39 Å². The van der Waals surface area contributed by atoms with Gasteiger partial charge in [-0.2, -0.15) is 0 Å². The Hall–Kier alpha value is -0.930. The lowest BCUT2D eigenvalue weighted by molar-refractivity contribution is 0.325. The Morgan fingerprint density at radius 3 is 2.50 bits per heavy atom. The molecule has 2 rings (SSSR count). The van der Waals surface area contributed by atoms with E-state index in [0.717, 1.165) is 30.8 Å². The fourth-order valence-electron chi connectivity index (χ4n) is 2.54. The zero-order chi connectivity index (χ0) is 13.2. The number of hydrogen-bond donors (Lipinski definition) is 1. The lowest BCUT2D eigenvalue weighted by Crippen LogP contribution is -2.34. The summed E-state index contributed by atoms with van der Waals surface area (Å²) in [4.78, 5) is 2.31. The van der Waals surface area contributed by atoms with Crippen LogP contribution in [0.15, 0.2) is 18.2 Å². The summed E-state index contributed by atoms with van der Waals surface area (Å²) in [5.41, 5.74) is 7.45. The molecule has 100 valence electrons. The van der Waals surface area contributed by atoms with Gasteiger partial charge in [0.05, 0.1) is 0 Å². The molecule has 1 heterocycles. The van der Waals surface area contributed by atoms with Gasteiger partial charge in [-0.15, -0.1) is 0 Å². The highest BCUT2D eigenvalue weighted by molar-refractivity contribution is 5.25. The van der Waals surface area contributed by atoms with Crippen LogP contribution in [0.5, 0.6) is 0 Å². The van der Waals surface area contributed by atoms with Crippen molar-refractivity contribution in [2.24, 2.45) is 5.73 Å². The molecule has 0 aliphatic carbocycles. The van der Waals surface area contributed by atoms with Crippen LogP contribution in [0.3, 0.4) is 0 Å². The van der Waals surface area contributed by atoms with Gasteiger partial charge in [-0.3, -0.25) is 4.90 Å². The molecule has 1 fully saturated rings. The lowest BCUT2D eigenvalue weighted by atomic mass is 9.95. The minimum absolute atomic E-state index is 0.0938. The van der Waals surface area contributed by atoms with Gasteiger partial charge in [0.15, 0.2) is 0 Å². The van der Waals surface area contributed by atoms with Crippen LogP contribution in [0.25, 0.3) is 0 Å². The smallest absolute Gasteiger partial charge is 0.127 e. The van der Waals surface area contributed by atoms with E-state index in [9.17, 15) is 4.39 Å². The van der Waals surface area contributed by atoms with Crippen LogP contribution in [-0.4, -0.2) is 23.5 Å². The Bertz CT molecular complexity index is 403. The fourth-order valence-corrected chi connectivity index (χ4v) is 2.54. The van der Waals surface area contributed by atoms with E-state index in [1.807, 2.05) is 26.0 Å². The summed E-state index contributed by atoms with van der Waals surface area (Å²) in [6.45, 7) is 6.85. The summed E-state index contributed by atoms with van der Waals surface area (Å²) in [5, 5.41) is 0. The summed E-state index contributed by atoms with van der Waals surface area (Å²) in [5.74, 6) is -0.0938. The molecule has 0 radical (unpaired) electrons. The van der Waals surface area contributed by atoms with Crippen molar-refractivity contribution in [3.8, 4) is 0 Å². The number of likely N-dealkylation sites (tertiary alicyclic amines) is 1. The van der Waals surface area contributed by atoms with Crippen LogP contribution in [0.2, 0.25) is 0 Å². The first-order valence-corrected chi connectivity index (χ1v) is 6.73. The molecular formula is C15H23FN2. The SMILES string of the molecule is CC(C)(N)Cc1ccc(CN2CCCC2)c(F)c1. The summed E-state index contributed by atoms with van der Waals surface area (Å²) < 4.78 is 14.0. The molecule has 1 aromatic rings. The molecular weight excluding hydrogens is 227 g/mol. The number of nitrogens with zero attached hydrogens (tertiary/aromatic N) is 1. The molecule has 3 heteroatoms. The predicted molar refractivity (Wildman–Crippen MR) is 72.9 cm³/mol. The highest BCUT2D eigenvalue weighted by Crippen LogP contribution is 2.18. The number of halogens is 1. The standard InChI is InChI=1S/C15H23FN2/c1-15(2,17)10-12-5-6-13(14(16)9-12)11-18-7-3-4-8-18/h5-6,9H,3-4,7-8,10-11,17H2,1-2H3. The van der Waals surface area contributed by atoms with Gasteiger partial charge in [-0.1, -0.05) is 12.1 Å². The van der Waals surface area contributed by atoms with Crippen molar-refractivity contribution in [1.82, 2.24) is 4.90 Å². The van der Waals surface area contributed by atoms with Crippen molar-refractivity contribution < 1.29 is 4.39 Å². The zero-order valence-electron chi connectivity index (χ0n) is 11.4. The molecule has 1 saturated heterocycles. The highest BCUT2D eigenvalue weighted by Gasteiger charge is 2.16. The van der Waals surface area contributed by atoms with Gasteiger partial charge in [0, 0.05) is 17.6 Å². The maximum atomic E-state index is 14.0. The summed E-state index contributed by atoms with van der Waals surface area (Å²) in [6, 6.07) is 5.55. The van der Waals surface area contributed by atoms with E-state index in [-0.39, 0.29) is 11.4 Å². The van der Waals surface area contributed by atoms with Crippen LogP contribution in [0.1, 0.15) is 37.8 Å². The van der Waals surface area contributed by atoms with Crippen LogP contribution in [0, 0.1) is 5.82 Å².